The molecule has 2 heterocycles. The third-order valence-corrected chi connectivity index (χ3v) is 8.81. The molecule has 2 saturated heterocycles. The second-order valence-electron chi connectivity index (χ2n) is 13.6. The van der Waals surface area contributed by atoms with Crippen LogP contribution in [0.1, 0.15) is 136 Å². The molecule has 310 valence electrons. The normalized spacial score (nSPS) is 15.2. The van der Waals surface area contributed by atoms with E-state index in [0.717, 1.165) is 89.9 Å². The molecule has 18 heteroatoms. The predicted octanol–water partition coefficient (Wildman–Crippen LogP) is 1.03. The van der Waals surface area contributed by atoms with Gasteiger partial charge in [-0.05, 0) is 58.8 Å². The Morgan fingerprint density at radius 1 is 0.526 bits per heavy atom. The van der Waals surface area contributed by atoms with Gasteiger partial charge < -0.3 is 40.2 Å². The minimum Gasteiger partial charge on any atom is -0.466 e. The van der Waals surface area contributed by atoms with E-state index in [1.165, 1.54) is 0 Å². The zero-order valence-electron chi connectivity index (χ0n) is 34.6. The van der Waals surface area contributed by atoms with Gasteiger partial charge in [0.05, 0.1) is 26.4 Å². The van der Waals surface area contributed by atoms with Crippen LogP contribution in [0.25, 0.3) is 10.6 Å². The van der Waals surface area contributed by atoms with Crippen LogP contribution >= 0.6 is 24.4 Å². The summed E-state index contributed by atoms with van der Waals surface area (Å²) in [5.41, 5.74) is 0.860. The molecule has 0 aromatic rings. The van der Waals surface area contributed by atoms with Crippen LogP contribution in [0.15, 0.2) is 24.3 Å². The van der Waals surface area contributed by atoms with Gasteiger partial charge in [0.2, 0.25) is 0 Å². The number of hydrogen-bond donors (Lipinski definition) is 2. The molecular weight excluding hydrogens is 795 g/mol. The summed E-state index contributed by atoms with van der Waals surface area (Å²) in [6.07, 6.45) is 16.1. The smallest absolute Gasteiger partial charge is 0.466 e. The van der Waals surface area contributed by atoms with E-state index in [9.17, 15) is 28.8 Å². The molecule has 2 aliphatic heterocycles. The summed E-state index contributed by atoms with van der Waals surface area (Å²) >= 11 is 9.59. The first-order valence-electron chi connectivity index (χ1n) is 19.4. The molecule has 0 aromatic carbocycles. The number of rotatable bonds is 29. The van der Waals surface area contributed by atoms with E-state index in [0.29, 0.717) is 63.3 Å². The SMILES string of the molecule is C=C(C)C(=O)OCCCCCCCCCCOC(=O)CCCC1NC(=S)[N-]C1=O.C=C(C)C(=O)OCCCCCCCCOC(=O)CCC1NC(=S)[N-]C1=O.[Na+].[Na+]. The van der Waals surface area contributed by atoms with Gasteiger partial charge in [0.25, 0.3) is 0 Å². The van der Waals surface area contributed by atoms with Crippen molar-refractivity contribution >= 4 is 70.4 Å². The third kappa shape index (κ3) is 30.7. The molecule has 0 aromatic heterocycles. The predicted molar refractivity (Wildman–Crippen MR) is 217 cm³/mol. The summed E-state index contributed by atoms with van der Waals surface area (Å²) in [6.45, 7) is 12.1. The van der Waals surface area contributed by atoms with Crippen molar-refractivity contribution in [1.82, 2.24) is 10.6 Å². The Morgan fingerprint density at radius 2 is 0.842 bits per heavy atom. The van der Waals surface area contributed by atoms with Gasteiger partial charge in [0.15, 0.2) is 0 Å². The van der Waals surface area contributed by atoms with Gasteiger partial charge in [0, 0.05) is 46.3 Å². The van der Waals surface area contributed by atoms with Crippen LogP contribution in [-0.4, -0.2) is 84.4 Å². The van der Waals surface area contributed by atoms with Crippen molar-refractivity contribution in [2.75, 3.05) is 26.4 Å². The van der Waals surface area contributed by atoms with E-state index in [2.05, 4.69) is 34.4 Å². The van der Waals surface area contributed by atoms with Crippen molar-refractivity contribution in [1.29, 1.82) is 0 Å². The van der Waals surface area contributed by atoms with Crippen molar-refractivity contribution in [2.24, 2.45) is 0 Å². The van der Waals surface area contributed by atoms with Gasteiger partial charge in [-0.3, -0.25) is 19.2 Å². The van der Waals surface area contributed by atoms with Crippen molar-refractivity contribution in [3.8, 4) is 0 Å². The van der Waals surface area contributed by atoms with E-state index in [1.807, 2.05) is 0 Å². The molecule has 2 aliphatic rings. The topological polar surface area (TPSA) is 192 Å². The number of esters is 4. The van der Waals surface area contributed by atoms with Crippen LogP contribution in [-0.2, 0) is 47.7 Å². The van der Waals surface area contributed by atoms with Crippen molar-refractivity contribution in [2.45, 2.75) is 148 Å². The van der Waals surface area contributed by atoms with E-state index in [1.54, 1.807) is 13.8 Å². The zero-order valence-corrected chi connectivity index (χ0v) is 40.3. The molecule has 0 saturated carbocycles. The number of hydrogen-bond acceptors (Lipinski definition) is 12. The summed E-state index contributed by atoms with van der Waals surface area (Å²) in [6, 6.07) is -0.883. The Bertz CT molecular complexity index is 1320. The molecule has 57 heavy (non-hydrogen) atoms. The fraction of sp³-hybridized carbons (Fsp3) is 0.692. The number of carbonyl (C=O) groups is 6. The molecule has 0 spiro atoms. The first kappa shape index (κ1) is 57.2. The van der Waals surface area contributed by atoms with Crippen LogP contribution in [0.4, 0.5) is 0 Å². The van der Waals surface area contributed by atoms with E-state index in [-0.39, 0.29) is 117 Å². The Morgan fingerprint density at radius 3 is 1.18 bits per heavy atom. The first-order chi connectivity index (χ1) is 26.3. The van der Waals surface area contributed by atoms with Crippen molar-refractivity contribution in [3.05, 3.63) is 34.9 Å². The maximum absolute atomic E-state index is 11.7. The second kappa shape index (κ2) is 36.0. The van der Waals surface area contributed by atoms with Crippen LogP contribution in [0, 0.1) is 0 Å². The fourth-order valence-electron chi connectivity index (χ4n) is 5.21. The Labute approximate surface area is 393 Å². The first-order valence-corrected chi connectivity index (χ1v) is 20.2. The van der Waals surface area contributed by atoms with Gasteiger partial charge >= 0.3 is 83.0 Å². The summed E-state index contributed by atoms with van der Waals surface area (Å²) in [5, 5.41) is 13.2. The van der Waals surface area contributed by atoms with Gasteiger partial charge in [-0.1, -0.05) is 102 Å². The molecule has 0 radical (unpaired) electrons. The number of unbranched alkanes of at least 4 members (excludes halogenated alkanes) is 12. The molecule has 2 atom stereocenters. The summed E-state index contributed by atoms with van der Waals surface area (Å²) in [5.74, 6) is -1.75. The van der Waals surface area contributed by atoms with Crippen molar-refractivity contribution < 1.29 is 107 Å². The van der Waals surface area contributed by atoms with Crippen LogP contribution in [0.5, 0.6) is 0 Å². The Hall–Kier alpha value is -1.92. The summed E-state index contributed by atoms with van der Waals surface area (Å²) in [4.78, 5) is 68.5. The second-order valence-corrected chi connectivity index (χ2v) is 14.3. The summed E-state index contributed by atoms with van der Waals surface area (Å²) in [7, 11) is 0. The molecule has 2 N–H and O–H groups in total. The molecule has 2 unspecified atom stereocenters. The summed E-state index contributed by atoms with van der Waals surface area (Å²) < 4.78 is 20.4. The number of thiocarbonyl (C=S) groups is 2. The van der Waals surface area contributed by atoms with E-state index < -0.39 is 6.04 Å². The van der Waals surface area contributed by atoms with Crippen LogP contribution in [0.3, 0.4) is 0 Å². The third-order valence-electron chi connectivity index (χ3n) is 8.39. The molecule has 2 fully saturated rings. The van der Waals surface area contributed by atoms with Crippen LogP contribution < -0.4 is 69.7 Å². The molecule has 14 nitrogen and oxygen atoms in total. The van der Waals surface area contributed by atoms with Crippen molar-refractivity contribution in [3.63, 3.8) is 0 Å². The molecule has 0 aliphatic carbocycles. The molecule has 0 bridgehead atoms. The standard InChI is InChI=1S/C21H34N2O5S.C18H28N2O5S.2Na/c1-16(2)20(26)28-15-10-8-6-4-3-5-7-9-14-27-18(24)13-11-12-17-19(25)23-21(29)22-17;1-13(2)17(23)25-12-8-6-4-3-5-7-11-24-15(21)10-9-14-16(22)20-18(26)19-14;;/h17H,1,3-15H2,2H3,(H2,22,23,25,29);14H,1,3-12H2,2H3,(H2,19,20,22,26);;/q;;2*+1/p-2. The number of nitrogens with one attached hydrogen (secondary N) is 2. The van der Waals surface area contributed by atoms with Gasteiger partial charge in [-0.15, -0.1) is 0 Å². The average molecular weight is 855 g/mol. The minimum atomic E-state index is -0.496. The average Bonchev–Trinajstić information content (AvgIpc) is 3.64. The monoisotopic (exact) mass is 854 g/mol. The number of carbonyl (C=O) groups excluding carboxylic acids is 6. The van der Waals surface area contributed by atoms with Crippen LogP contribution in [0.2, 0.25) is 0 Å². The minimum absolute atomic E-state index is 0. The quantitative estimate of drug-likeness (QED) is 0.0271. The van der Waals surface area contributed by atoms with Gasteiger partial charge in [-0.25, -0.2) is 9.59 Å². The van der Waals surface area contributed by atoms with Gasteiger partial charge in [0.1, 0.15) is 11.8 Å². The number of ether oxygens (including phenoxy) is 4. The van der Waals surface area contributed by atoms with E-state index >= 15 is 0 Å². The Balaban J connectivity index is 0. The molecule has 2 rings (SSSR count). The Kier molecular flexibility index (Phi) is 36.1. The molecular formula is C39H60N4Na2O10S2. The maximum Gasteiger partial charge on any atom is 1.00 e. The molecule has 2 amide bonds. The fourth-order valence-corrected chi connectivity index (χ4v) is 5.68. The number of amides is 2. The largest absolute Gasteiger partial charge is 1.00 e. The zero-order chi connectivity index (χ0) is 40.8. The van der Waals surface area contributed by atoms with E-state index in [4.69, 9.17) is 43.4 Å². The maximum atomic E-state index is 11.7. The number of nitrogens with zero attached hydrogens (tertiary/aromatic N) is 2. The van der Waals surface area contributed by atoms with Gasteiger partial charge in [-0.2, -0.15) is 0 Å².